The minimum absolute atomic E-state index is 0.0432. The summed E-state index contributed by atoms with van der Waals surface area (Å²) in [7, 11) is 0. The third-order valence-electron chi connectivity index (χ3n) is 3.85. The van der Waals surface area contributed by atoms with E-state index in [1.165, 1.54) is 31.2 Å². The third-order valence-corrected chi connectivity index (χ3v) is 4.82. The molecule has 0 aromatic heterocycles. The van der Waals surface area contributed by atoms with Gasteiger partial charge in [-0.2, -0.15) is 0 Å². The molecule has 2 aromatic carbocycles. The van der Waals surface area contributed by atoms with Crippen molar-refractivity contribution in [3.63, 3.8) is 0 Å². The van der Waals surface area contributed by atoms with Gasteiger partial charge < -0.3 is 10.1 Å². The average molecular weight is 385 g/mol. The van der Waals surface area contributed by atoms with E-state index in [1.54, 1.807) is 24.3 Å². The lowest BCUT2D eigenvalue weighted by Crippen LogP contribution is -2.30. The molecular formula is C21H23NO4S. The van der Waals surface area contributed by atoms with Crippen LogP contribution in [0.15, 0.2) is 48.5 Å². The number of rotatable bonds is 8. The van der Waals surface area contributed by atoms with Gasteiger partial charge in [0.05, 0.1) is 5.75 Å². The molecule has 0 aliphatic carbocycles. The number of hydrogen-bond acceptors (Lipinski definition) is 5. The zero-order valence-electron chi connectivity index (χ0n) is 15.7. The Hall–Kier alpha value is -2.60. The number of hydrogen-bond donors (Lipinski definition) is 1. The summed E-state index contributed by atoms with van der Waals surface area (Å²) in [4.78, 5) is 35.3. The molecule has 1 amide bonds. The van der Waals surface area contributed by atoms with E-state index in [2.05, 4.69) is 5.32 Å². The van der Waals surface area contributed by atoms with Crippen molar-refractivity contribution in [3.05, 3.63) is 65.2 Å². The molecule has 6 heteroatoms. The summed E-state index contributed by atoms with van der Waals surface area (Å²) in [6.45, 7) is 5.03. The van der Waals surface area contributed by atoms with E-state index in [4.69, 9.17) is 4.74 Å². The molecule has 0 spiro atoms. The summed E-state index contributed by atoms with van der Waals surface area (Å²) in [6, 6.07) is 14.7. The minimum Gasteiger partial charge on any atom is -0.452 e. The Bertz CT molecular complexity index is 800. The van der Waals surface area contributed by atoms with Gasteiger partial charge in [-0.15, -0.1) is 11.8 Å². The van der Waals surface area contributed by atoms with E-state index in [1.807, 2.05) is 31.2 Å². The molecule has 0 heterocycles. The highest BCUT2D eigenvalue weighted by atomic mass is 32.2. The van der Waals surface area contributed by atoms with Crippen LogP contribution in [0.5, 0.6) is 0 Å². The summed E-state index contributed by atoms with van der Waals surface area (Å²) >= 11 is 1.44. The fourth-order valence-electron chi connectivity index (χ4n) is 2.25. The van der Waals surface area contributed by atoms with E-state index in [0.29, 0.717) is 17.0 Å². The number of aryl methyl sites for hydroxylation is 1. The Morgan fingerprint density at radius 3 is 2.26 bits per heavy atom. The van der Waals surface area contributed by atoms with Crippen LogP contribution in [-0.4, -0.2) is 29.5 Å². The fraction of sp³-hybridized carbons (Fsp3) is 0.286. The predicted octanol–water partition coefficient (Wildman–Crippen LogP) is 4.00. The van der Waals surface area contributed by atoms with E-state index in [-0.39, 0.29) is 11.5 Å². The number of carbonyl (C=O) groups excluding carboxylic acids is 3. The Labute approximate surface area is 163 Å². The molecule has 2 aromatic rings. The highest BCUT2D eigenvalue weighted by Crippen LogP contribution is 2.14. The standard InChI is InChI=1S/C21H23NO4S/c1-14-4-6-17(7-5-14)12-27-13-20(24)26-16(3)21(25)22-19-10-8-18(9-11-19)15(2)23/h4-11,16H,12-13H2,1-3H3,(H,22,25)/t16-/m1/s1. The molecule has 0 fully saturated rings. The molecule has 0 aliphatic rings. The smallest absolute Gasteiger partial charge is 0.316 e. The molecule has 0 aliphatic heterocycles. The normalized spacial score (nSPS) is 11.5. The number of thioether (sulfide) groups is 1. The molecule has 1 atom stereocenters. The molecule has 142 valence electrons. The summed E-state index contributed by atoms with van der Waals surface area (Å²) in [5.74, 6) is -0.000440. The molecular weight excluding hydrogens is 362 g/mol. The summed E-state index contributed by atoms with van der Waals surface area (Å²) in [5.41, 5.74) is 3.44. The van der Waals surface area contributed by atoms with Crippen LogP contribution >= 0.6 is 11.8 Å². The number of benzene rings is 2. The maximum Gasteiger partial charge on any atom is 0.316 e. The highest BCUT2D eigenvalue weighted by molar-refractivity contribution is 7.99. The first-order chi connectivity index (χ1) is 12.8. The van der Waals surface area contributed by atoms with Crippen LogP contribution in [-0.2, 0) is 20.1 Å². The summed E-state index contributed by atoms with van der Waals surface area (Å²) in [6.07, 6.45) is -0.898. The maximum atomic E-state index is 12.1. The van der Waals surface area contributed by atoms with Crippen molar-refractivity contribution in [2.75, 3.05) is 11.1 Å². The van der Waals surface area contributed by atoms with Gasteiger partial charge in [-0.3, -0.25) is 14.4 Å². The minimum atomic E-state index is -0.898. The van der Waals surface area contributed by atoms with Crippen LogP contribution < -0.4 is 5.32 Å². The predicted molar refractivity (Wildman–Crippen MR) is 108 cm³/mol. The topological polar surface area (TPSA) is 72.5 Å². The van der Waals surface area contributed by atoms with Gasteiger partial charge in [0.15, 0.2) is 11.9 Å². The quantitative estimate of drug-likeness (QED) is 0.549. The molecule has 0 bridgehead atoms. The van der Waals surface area contributed by atoms with E-state index in [9.17, 15) is 14.4 Å². The van der Waals surface area contributed by atoms with Gasteiger partial charge in [0.2, 0.25) is 0 Å². The molecule has 2 rings (SSSR count). The molecule has 0 radical (unpaired) electrons. The van der Waals surface area contributed by atoms with Crippen molar-refractivity contribution < 1.29 is 19.1 Å². The second-order valence-corrected chi connectivity index (χ2v) is 7.22. The van der Waals surface area contributed by atoms with Crippen molar-refractivity contribution in [2.24, 2.45) is 0 Å². The van der Waals surface area contributed by atoms with Gasteiger partial charge in [-0.05, 0) is 50.6 Å². The lowest BCUT2D eigenvalue weighted by atomic mass is 10.1. The van der Waals surface area contributed by atoms with Gasteiger partial charge in [-0.25, -0.2) is 0 Å². The van der Waals surface area contributed by atoms with Crippen molar-refractivity contribution in [2.45, 2.75) is 32.6 Å². The first kappa shape index (κ1) is 20.7. The first-order valence-corrected chi connectivity index (χ1v) is 9.75. The molecule has 5 nitrogen and oxygen atoms in total. The monoisotopic (exact) mass is 385 g/mol. The number of amides is 1. The van der Waals surface area contributed by atoms with Gasteiger partial charge in [0.1, 0.15) is 0 Å². The average Bonchev–Trinajstić information content (AvgIpc) is 2.63. The van der Waals surface area contributed by atoms with Crippen molar-refractivity contribution in [1.29, 1.82) is 0 Å². The SMILES string of the molecule is CC(=O)c1ccc(NC(=O)[C@@H](C)OC(=O)CSCc2ccc(C)cc2)cc1. The molecule has 0 saturated carbocycles. The van der Waals surface area contributed by atoms with Crippen LogP contribution in [0.3, 0.4) is 0 Å². The van der Waals surface area contributed by atoms with E-state index < -0.39 is 18.0 Å². The Balaban J connectivity index is 1.75. The van der Waals surface area contributed by atoms with Crippen LogP contribution in [0.4, 0.5) is 5.69 Å². The number of carbonyl (C=O) groups is 3. The third kappa shape index (κ3) is 6.90. The number of Topliss-reactive ketones (excluding diaryl/α,β-unsaturated/α-hetero) is 1. The Morgan fingerprint density at radius 1 is 1.04 bits per heavy atom. The van der Waals surface area contributed by atoms with E-state index in [0.717, 1.165) is 5.56 Å². The number of anilines is 1. The second-order valence-electron chi connectivity index (χ2n) is 6.23. The van der Waals surface area contributed by atoms with Crippen molar-refractivity contribution in [1.82, 2.24) is 0 Å². The second kappa shape index (κ2) is 9.92. The van der Waals surface area contributed by atoms with Crippen LogP contribution in [0.1, 0.15) is 35.3 Å². The van der Waals surface area contributed by atoms with Crippen molar-refractivity contribution in [3.8, 4) is 0 Å². The molecule has 0 saturated heterocycles. The zero-order chi connectivity index (χ0) is 19.8. The lowest BCUT2D eigenvalue weighted by Gasteiger charge is -2.13. The fourth-order valence-corrected chi connectivity index (χ4v) is 3.02. The van der Waals surface area contributed by atoms with Crippen LogP contribution in [0, 0.1) is 6.92 Å². The van der Waals surface area contributed by atoms with Gasteiger partial charge in [0, 0.05) is 17.0 Å². The first-order valence-electron chi connectivity index (χ1n) is 8.60. The summed E-state index contributed by atoms with van der Waals surface area (Å²) < 4.78 is 5.18. The number of ketones is 1. The number of nitrogens with one attached hydrogen (secondary N) is 1. The lowest BCUT2D eigenvalue weighted by molar-refractivity contribution is -0.150. The molecule has 1 N–H and O–H groups in total. The largest absolute Gasteiger partial charge is 0.452 e. The van der Waals surface area contributed by atoms with E-state index >= 15 is 0 Å². The maximum absolute atomic E-state index is 12.1. The summed E-state index contributed by atoms with van der Waals surface area (Å²) in [5, 5.41) is 2.67. The molecule has 27 heavy (non-hydrogen) atoms. The van der Waals surface area contributed by atoms with Gasteiger partial charge >= 0.3 is 5.97 Å². The van der Waals surface area contributed by atoms with Crippen molar-refractivity contribution >= 4 is 35.1 Å². The Morgan fingerprint density at radius 2 is 1.67 bits per heavy atom. The van der Waals surface area contributed by atoms with Gasteiger partial charge in [0.25, 0.3) is 5.91 Å². The highest BCUT2D eigenvalue weighted by Gasteiger charge is 2.18. The van der Waals surface area contributed by atoms with Gasteiger partial charge in [-0.1, -0.05) is 29.8 Å². The number of esters is 1. The zero-order valence-corrected chi connectivity index (χ0v) is 16.5. The molecule has 0 unspecified atom stereocenters. The number of ether oxygens (including phenoxy) is 1. The Kier molecular flexibility index (Phi) is 7.61. The van der Waals surface area contributed by atoms with Crippen LogP contribution in [0.25, 0.3) is 0 Å². The van der Waals surface area contributed by atoms with Crippen LogP contribution in [0.2, 0.25) is 0 Å².